The average Bonchev–Trinajstić information content (AvgIpc) is 2.70. The zero-order valence-electron chi connectivity index (χ0n) is 15.7. The number of esters is 1. The van der Waals surface area contributed by atoms with Gasteiger partial charge in [-0.25, -0.2) is 9.63 Å². The highest BCUT2D eigenvalue weighted by molar-refractivity contribution is 9.10. The lowest BCUT2D eigenvalue weighted by Gasteiger charge is -2.09. The minimum atomic E-state index is -3.87. The van der Waals surface area contributed by atoms with Crippen molar-refractivity contribution in [3.8, 4) is 5.75 Å². The second-order valence-electron chi connectivity index (χ2n) is 6.25. The Labute approximate surface area is 187 Å². The number of hydrogen-bond donors (Lipinski definition) is 1. The van der Waals surface area contributed by atoms with Gasteiger partial charge in [0.2, 0.25) is 0 Å². The lowest BCUT2D eigenvalue weighted by molar-refractivity contribution is 0.0734. The lowest BCUT2D eigenvalue weighted by Crippen LogP contribution is -2.18. The van der Waals surface area contributed by atoms with Crippen LogP contribution in [-0.4, -0.2) is 20.6 Å². The van der Waals surface area contributed by atoms with Crippen molar-refractivity contribution in [2.45, 2.75) is 11.8 Å². The van der Waals surface area contributed by atoms with Crippen LogP contribution in [0.1, 0.15) is 21.5 Å². The molecule has 1 N–H and O–H groups in total. The number of carbonyl (C=O) groups excluding carboxylic acids is 1. The van der Waals surface area contributed by atoms with Crippen molar-refractivity contribution in [3.63, 3.8) is 0 Å². The molecule has 3 aromatic rings. The molecule has 0 aromatic heterocycles. The Kier molecular flexibility index (Phi) is 6.91. The number of carbonyl (C=O) groups is 1. The van der Waals surface area contributed by atoms with Crippen LogP contribution in [0.2, 0.25) is 5.02 Å². The summed E-state index contributed by atoms with van der Waals surface area (Å²) in [5.41, 5.74) is 1.74. The van der Waals surface area contributed by atoms with Crippen LogP contribution in [0.25, 0.3) is 0 Å². The monoisotopic (exact) mass is 506 g/mol. The summed E-state index contributed by atoms with van der Waals surface area (Å²) >= 11 is 9.12. The fourth-order valence-electron chi connectivity index (χ4n) is 2.48. The molecule has 0 spiro atoms. The van der Waals surface area contributed by atoms with Gasteiger partial charge in [-0.15, -0.1) is 0 Å². The van der Waals surface area contributed by atoms with Gasteiger partial charge in [-0.05, 0) is 61.5 Å². The van der Waals surface area contributed by atoms with Crippen molar-refractivity contribution >= 4 is 49.7 Å². The lowest BCUT2D eigenvalue weighted by atomic mass is 10.1. The summed E-state index contributed by atoms with van der Waals surface area (Å²) in [6.45, 7) is 1.88. The molecular formula is C21H16BrClN2O4S. The molecule has 6 nitrogen and oxygen atoms in total. The summed E-state index contributed by atoms with van der Waals surface area (Å²) in [4.78, 5) is 14.6. The van der Waals surface area contributed by atoms with Crippen LogP contribution >= 0.6 is 27.5 Å². The van der Waals surface area contributed by atoms with E-state index in [0.29, 0.717) is 20.6 Å². The fourth-order valence-corrected chi connectivity index (χ4v) is 3.77. The van der Waals surface area contributed by atoms with E-state index in [9.17, 15) is 13.2 Å². The van der Waals surface area contributed by atoms with Gasteiger partial charge in [0.1, 0.15) is 5.75 Å². The number of hydrogen-bond acceptors (Lipinski definition) is 5. The second kappa shape index (κ2) is 9.42. The van der Waals surface area contributed by atoms with E-state index >= 15 is 0 Å². The highest BCUT2D eigenvalue weighted by Gasteiger charge is 2.14. The third-order valence-corrected chi connectivity index (χ3v) is 5.91. The van der Waals surface area contributed by atoms with Gasteiger partial charge in [0.25, 0.3) is 10.0 Å². The quantitative estimate of drug-likeness (QED) is 0.222. The van der Waals surface area contributed by atoms with Gasteiger partial charge in [-0.1, -0.05) is 45.2 Å². The van der Waals surface area contributed by atoms with E-state index in [1.165, 1.54) is 30.5 Å². The van der Waals surface area contributed by atoms with Crippen molar-refractivity contribution in [2.24, 2.45) is 5.10 Å². The molecule has 0 radical (unpaired) electrons. The molecule has 0 unspecified atom stereocenters. The molecule has 0 saturated heterocycles. The maximum atomic E-state index is 12.4. The summed E-state index contributed by atoms with van der Waals surface area (Å²) in [5.74, 6) is -0.295. The molecule has 0 bridgehead atoms. The summed E-state index contributed by atoms with van der Waals surface area (Å²) in [7, 11) is -3.87. The van der Waals surface area contributed by atoms with Gasteiger partial charge < -0.3 is 4.74 Å². The maximum Gasteiger partial charge on any atom is 0.343 e. The highest BCUT2D eigenvalue weighted by Crippen LogP contribution is 2.23. The molecule has 3 aromatic carbocycles. The Morgan fingerprint density at radius 2 is 1.83 bits per heavy atom. The number of ether oxygens (including phenoxy) is 1. The number of sulfonamides is 1. The van der Waals surface area contributed by atoms with Crippen LogP contribution < -0.4 is 9.57 Å². The summed E-state index contributed by atoms with van der Waals surface area (Å²) < 4.78 is 30.8. The van der Waals surface area contributed by atoms with Crippen LogP contribution in [-0.2, 0) is 10.0 Å². The molecule has 30 heavy (non-hydrogen) atoms. The van der Waals surface area contributed by atoms with Gasteiger partial charge in [0, 0.05) is 15.1 Å². The molecule has 3 rings (SSSR count). The molecule has 0 aliphatic carbocycles. The molecular weight excluding hydrogens is 492 g/mol. The number of aryl methyl sites for hydroxylation is 1. The van der Waals surface area contributed by atoms with Crippen LogP contribution in [0.3, 0.4) is 0 Å². The Balaban J connectivity index is 1.79. The van der Waals surface area contributed by atoms with Crippen molar-refractivity contribution in [2.75, 3.05) is 0 Å². The Morgan fingerprint density at radius 1 is 1.10 bits per heavy atom. The molecule has 0 atom stereocenters. The molecule has 0 amide bonds. The topological polar surface area (TPSA) is 84.8 Å². The zero-order valence-corrected chi connectivity index (χ0v) is 18.8. The largest absolute Gasteiger partial charge is 0.422 e. The number of hydrazone groups is 1. The van der Waals surface area contributed by atoms with Gasteiger partial charge in [-0.3, -0.25) is 0 Å². The van der Waals surface area contributed by atoms with Crippen molar-refractivity contribution < 1.29 is 17.9 Å². The van der Waals surface area contributed by atoms with Crippen LogP contribution in [0, 0.1) is 6.92 Å². The van der Waals surface area contributed by atoms with Gasteiger partial charge in [-0.2, -0.15) is 13.5 Å². The first-order chi connectivity index (χ1) is 14.2. The van der Waals surface area contributed by atoms with E-state index in [1.54, 1.807) is 36.4 Å². The predicted octanol–water partition coefficient (Wildman–Crippen LogP) is 4.94. The first kappa shape index (κ1) is 22.0. The minimum absolute atomic E-state index is 0.0180. The third kappa shape index (κ3) is 5.69. The molecule has 0 heterocycles. The first-order valence-corrected chi connectivity index (χ1v) is 11.3. The van der Waals surface area contributed by atoms with Gasteiger partial charge >= 0.3 is 5.97 Å². The summed E-state index contributed by atoms with van der Waals surface area (Å²) in [5, 5.41) is 4.22. The standard InChI is InChI=1S/C21H16BrClN2O4S/c1-14-3-2-4-15(11-14)21(26)29-20-10-5-17(22)12-16(20)13-24-25-30(27,28)19-8-6-18(23)7-9-19/h2-13,25H,1H3. The van der Waals surface area contributed by atoms with Crippen molar-refractivity contribution in [3.05, 3.63) is 92.9 Å². The normalized spacial score (nSPS) is 11.4. The highest BCUT2D eigenvalue weighted by atomic mass is 79.9. The van der Waals surface area contributed by atoms with E-state index in [0.717, 1.165) is 5.56 Å². The molecule has 0 fully saturated rings. The SMILES string of the molecule is Cc1cccc(C(=O)Oc2ccc(Br)cc2C=NNS(=O)(=O)c2ccc(Cl)cc2)c1. The summed E-state index contributed by atoms with van der Waals surface area (Å²) in [6, 6.07) is 17.6. The van der Waals surface area contributed by atoms with Gasteiger partial charge in [0.15, 0.2) is 0 Å². The van der Waals surface area contributed by atoms with Gasteiger partial charge in [0.05, 0.1) is 16.7 Å². The first-order valence-electron chi connectivity index (χ1n) is 8.63. The molecule has 0 aliphatic rings. The third-order valence-electron chi connectivity index (χ3n) is 3.93. The minimum Gasteiger partial charge on any atom is -0.422 e. The molecule has 0 aliphatic heterocycles. The Hall–Kier alpha value is -2.68. The molecule has 0 saturated carbocycles. The second-order valence-corrected chi connectivity index (χ2v) is 9.26. The van der Waals surface area contributed by atoms with Crippen molar-refractivity contribution in [1.29, 1.82) is 0 Å². The Morgan fingerprint density at radius 3 is 2.53 bits per heavy atom. The van der Waals surface area contributed by atoms with Crippen LogP contribution in [0.4, 0.5) is 0 Å². The van der Waals surface area contributed by atoms with E-state index in [-0.39, 0.29) is 10.6 Å². The van der Waals surface area contributed by atoms with Crippen LogP contribution in [0.5, 0.6) is 5.75 Å². The van der Waals surface area contributed by atoms with Crippen molar-refractivity contribution in [1.82, 2.24) is 4.83 Å². The Bertz CT molecular complexity index is 1210. The number of benzene rings is 3. The predicted molar refractivity (Wildman–Crippen MR) is 120 cm³/mol. The fraction of sp³-hybridized carbons (Fsp3) is 0.0476. The van der Waals surface area contributed by atoms with E-state index in [2.05, 4.69) is 25.9 Å². The smallest absolute Gasteiger partial charge is 0.343 e. The zero-order chi connectivity index (χ0) is 21.7. The molecule has 154 valence electrons. The number of nitrogens with zero attached hydrogens (tertiary/aromatic N) is 1. The van der Waals surface area contributed by atoms with E-state index < -0.39 is 16.0 Å². The van der Waals surface area contributed by atoms with Crippen LogP contribution in [0.15, 0.2) is 81.2 Å². The van der Waals surface area contributed by atoms with E-state index in [1.807, 2.05) is 13.0 Å². The number of nitrogens with one attached hydrogen (secondary N) is 1. The maximum absolute atomic E-state index is 12.4. The summed E-state index contributed by atoms with van der Waals surface area (Å²) in [6.07, 6.45) is 1.26. The molecule has 9 heteroatoms. The average molecular weight is 508 g/mol. The van der Waals surface area contributed by atoms with E-state index in [4.69, 9.17) is 16.3 Å². The number of rotatable bonds is 6. The number of halogens is 2.